The molecular formula is C22H28Cl2FN5O. The molecule has 1 aliphatic heterocycles. The van der Waals surface area contributed by atoms with Crippen LogP contribution >= 0.6 is 24.8 Å². The maximum Gasteiger partial charge on any atom is 0.287 e. The number of halogens is 3. The second kappa shape index (κ2) is 9.96. The molecule has 0 saturated carbocycles. The smallest absolute Gasteiger partial charge is 0.287 e. The van der Waals surface area contributed by atoms with Gasteiger partial charge in [-0.25, -0.2) is 9.37 Å². The predicted octanol–water partition coefficient (Wildman–Crippen LogP) is 3.66. The summed E-state index contributed by atoms with van der Waals surface area (Å²) in [6.07, 6.45) is 0.935. The molecular weight excluding hydrogens is 440 g/mol. The number of aromatic nitrogens is 2. The number of nitrogens with two attached hydrogens (primary N) is 1. The average molecular weight is 468 g/mol. The van der Waals surface area contributed by atoms with E-state index < -0.39 is 0 Å². The first-order chi connectivity index (χ1) is 13.8. The predicted molar refractivity (Wildman–Crippen MR) is 126 cm³/mol. The van der Waals surface area contributed by atoms with Gasteiger partial charge in [-0.1, -0.05) is 18.2 Å². The fourth-order valence-electron chi connectivity index (χ4n) is 3.78. The Hall–Kier alpha value is -2.19. The minimum atomic E-state index is -0.270. The summed E-state index contributed by atoms with van der Waals surface area (Å²) >= 11 is 0. The van der Waals surface area contributed by atoms with E-state index in [-0.39, 0.29) is 53.9 Å². The van der Waals surface area contributed by atoms with Gasteiger partial charge < -0.3 is 21.4 Å². The van der Waals surface area contributed by atoms with Gasteiger partial charge in [0, 0.05) is 24.7 Å². The zero-order valence-electron chi connectivity index (χ0n) is 17.4. The van der Waals surface area contributed by atoms with Crippen molar-refractivity contribution in [3.63, 3.8) is 0 Å². The Morgan fingerprint density at radius 2 is 1.87 bits per heavy atom. The first-order valence-corrected chi connectivity index (χ1v) is 9.86. The van der Waals surface area contributed by atoms with Gasteiger partial charge in [0.15, 0.2) is 5.82 Å². The molecule has 0 unspecified atom stereocenters. The van der Waals surface area contributed by atoms with E-state index in [0.717, 1.165) is 29.6 Å². The van der Waals surface area contributed by atoms with Crippen LogP contribution in [-0.4, -0.2) is 40.5 Å². The summed E-state index contributed by atoms with van der Waals surface area (Å²) in [5.74, 6) is 0.167. The van der Waals surface area contributed by atoms with E-state index in [1.54, 1.807) is 12.1 Å². The van der Waals surface area contributed by atoms with E-state index in [1.165, 1.54) is 12.1 Å². The summed E-state index contributed by atoms with van der Waals surface area (Å²) < 4.78 is 13.1. The van der Waals surface area contributed by atoms with Crippen molar-refractivity contribution in [1.82, 2.24) is 20.6 Å². The summed E-state index contributed by atoms with van der Waals surface area (Å²) in [5, 5.41) is 6.37. The van der Waals surface area contributed by atoms with Crippen LogP contribution < -0.4 is 16.4 Å². The van der Waals surface area contributed by atoms with Crippen LogP contribution in [0, 0.1) is 11.7 Å². The molecule has 5 N–H and O–H groups in total. The number of imidazole rings is 1. The molecule has 168 valence electrons. The van der Waals surface area contributed by atoms with Crippen LogP contribution in [0.5, 0.6) is 0 Å². The van der Waals surface area contributed by atoms with Crippen LogP contribution in [-0.2, 0) is 0 Å². The van der Waals surface area contributed by atoms with Gasteiger partial charge in [-0.2, -0.15) is 0 Å². The molecule has 1 amide bonds. The Morgan fingerprint density at radius 3 is 2.52 bits per heavy atom. The number of aromatic amines is 1. The summed E-state index contributed by atoms with van der Waals surface area (Å²) in [7, 11) is 0. The molecule has 0 spiro atoms. The van der Waals surface area contributed by atoms with Crippen LogP contribution in [0.4, 0.5) is 4.39 Å². The lowest BCUT2D eigenvalue weighted by Gasteiger charge is -2.26. The largest absolute Gasteiger partial charge is 0.348 e. The first-order valence-electron chi connectivity index (χ1n) is 9.86. The van der Waals surface area contributed by atoms with E-state index in [1.807, 2.05) is 32.0 Å². The van der Waals surface area contributed by atoms with Crippen molar-refractivity contribution < 1.29 is 9.18 Å². The summed E-state index contributed by atoms with van der Waals surface area (Å²) in [4.78, 5) is 20.0. The van der Waals surface area contributed by atoms with E-state index >= 15 is 0 Å². The highest BCUT2D eigenvalue weighted by atomic mass is 35.5. The van der Waals surface area contributed by atoms with Crippen LogP contribution in [0.2, 0.25) is 0 Å². The van der Waals surface area contributed by atoms with Crippen molar-refractivity contribution >= 4 is 41.8 Å². The van der Waals surface area contributed by atoms with E-state index in [9.17, 15) is 9.18 Å². The van der Waals surface area contributed by atoms with Gasteiger partial charge in [0.2, 0.25) is 0 Å². The fourth-order valence-corrected chi connectivity index (χ4v) is 3.78. The number of carbonyl (C=O) groups is 1. The normalized spacial score (nSPS) is 18.3. The maximum atomic E-state index is 13.1. The van der Waals surface area contributed by atoms with E-state index in [2.05, 4.69) is 20.6 Å². The Morgan fingerprint density at radius 1 is 1.19 bits per heavy atom. The monoisotopic (exact) mass is 467 g/mol. The molecule has 1 fully saturated rings. The molecule has 1 saturated heterocycles. The lowest BCUT2D eigenvalue weighted by molar-refractivity contribution is 0.0941. The molecule has 2 atom stereocenters. The number of H-pyrrole nitrogens is 1. The summed E-state index contributed by atoms with van der Waals surface area (Å²) in [6.45, 7) is 5.47. The van der Waals surface area contributed by atoms with Gasteiger partial charge in [-0.15, -0.1) is 24.8 Å². The number of benzene rings is 2. The number of nitrogens with zero attached hydrogens (tertiary/aromatic N) is 1. The van der Waals surface area contributed by atoms with Crippen LogP contribution in [0.1, 0.15) is 30.9 Å². The molecule has 31 heavy (non-hydrogen) atoms. The third kappa shape index (κ3) is 5.74. The van der Waals surface area contributed by atoms with Gasteiger partial charge in [0.25, 0.3) is 5.91 Å². The summed E-state index contributed by atoms with van der Waals surface area (Å²) in [6, 6.07) is 12.2. The van der Waals surface area contributed by atoms with Crippen molar-refractivity contribution in [2.45, 2.75) is 31.8 Å². The molecule has 0 aliphatic carbocycles. The Labute approximate surface area is 193 Å². The van der Waals surface area contributed by atoms with Gasteiger partial charge in [0.05, 0.1) is 11.0 Å². The van der Waals surface area contributed by atoms with Crippen LogP contribution in [0.25, 0.3) is 22.2 Å². The standard InChI is InChI=1S/C22H26FN5O.2ClH/c1-22(2,24)15-10-17(25-11-15)12-26-21(29)20-27-18-8-5-14(9-19(18)28-20)13-3-6-16(23)7-4-13;;/h3-9,15,17,25H,10-12,24H2,1-2H3,(H,26,29)(H,27,28);2*1H/t15-,17-;;/m0../s1. The van der Waals surface area contributed by atoms with Crippen molar-refractivity contribution in [3.8, 4) is 11.1 Å². The second-order valence-electron chi connectivity index (χ2n) is 8.39. The number of hydrogen-bond acceptors (Lipinski definition) is 4. The van der Waals surface area contributed by atoms with Crippen molar-refractivity contribution in [2.75, 3.05) is 13.1 Å². The zero-order chi connectivity index (χ0) is 20.6. The maximum absolute atomic E-state index is 13.1. The zero-order valence-corrected chi connectivity index (χ0v) is 19.1. The molecule has 1 aliphatic rings. The lowest BCUT2D eigenvalue weighted by Crippen LogP contribution is -2.41. The molecule has 2 aromatic carbocycles. The SMILES string of the molecule is CC(C)(N)[C@@H]1CN[C@H](CNC(=O)c2nc3ccc(-c4ccc(F)cc4)cc3[nH]2)C1.Cl.Cl. The van der Waals surface area contributed by atoms with E-state index in [4.69, 9.17) is 5.73 Å². The van der Waals surface area contributed by atoms with E-state index in [0.29, 0.717) is 18.0 Å². The Kier molecular flexibility index (Phi) is 8.05. The molecule has 9 heteroatoms. The Balaban J connectivity index is 0.00000171. The third-order valence-electron chi connectivity index (χ3n) is 5.66. The number of nitrogens with one attached hydrogen (secondary N) is 3. The number of carbonyl (C=O) groups excluding carboxylic acids is 1. The molecule has 4 rings (SSSR count). The average Bonchev–Trinajstić information content (AvgIpc) is 3.33. The molecule has 6 nitrogen and oxygen atoms in total. The van der Waals surface area contributed by atoms with Crippen molar-refractivity contribution in [2.24, 2.45) is 11.7 Å². The molecule has 2 heterocycles. The third-order valence-corrected chi connectivity index (χ3v) is 5.66. The van der Waals surface area contributed by atoms with Gasteiger partial charge in [0.1, 0.15) is 5.82 Å². The topological polar surface area (TPSA) is 95.8 Å². The Bertz CT molecular complexity index is 1030. The molecule has 1 aromatic heterocycles. The highest BCUT2D eigenvalue weighted by Crippen LogP contribution is 2.25. The van der Waals surface area contributed by atoms with Gasteiger partial charge >= 0.3 is 0 Å². The van der Waals surface area contributed by atoms with Crippen LogP contribution in [0.15, 0.2) is 42.5 Å². The van der Waals surface area contributed by atoms with Gasteiger partial charge in [-0.05, 0) is 61.6 Å². The molecule has 0 radical (unpaired) electrons. The highest BCUT2D eigenvalue weighted by Gasteiger charge is 2.33. The molecule has 0 bridgehead atoms. The number of fused-ring (bicyclic) bond motifs is 1. The minimum Gasteiger partial charge on any atom is -0.348 e. The minimum absolute atomic E-state index is 0. The van der Waals surface area contributed by atoms with Crippen molar-refractivity contribution in [1.29, 1.82) is 0 Å². The number of amides is 1. The molecule has 3 aromatic rings. The summed E-state index contributed by atoms with van der Waals surface area (Å²) in [5.41, 5.74) is 9.27. The highest BCUT2D eigenvalue weighted by molar-refractivity contribution is 5.95. The van der Waals surface area contributed by atoms with Gasteiger partial charge in [-0.3, -0.25) is 4.79 Å². The van der Waals surface area contributed by atoms with Crippen LogP contribution in [0.3, 0.4) is 0 Å². The fraction of sp³-hybridized carbons (Fsp3) is 0.364. The van der Waals surface area contributed by atoms with Crippen molar-refractivity contribution in [3.05, 3.63) is 54.1 Å². The number of hydrogen-bond donors (Lipinski definition) is 4. The number of rotatable bonds is 5. The lowest BCUT2D eigenvalue weighted by atomic mass is 9.86. The quantitative estimate of drug-likeness (QED) is 0.460. The second-order valence-corrected chi connectivity index (χ2v) is 8.39. The first kappa shape index (κ1) is 25.1.